The molecule has 44 heavy (non-hydrogen) atoms. The Hall–Kier alpha value is -2.03. The number of hydrogen-bond acceptors (Lipinski definition) is 8. The van der Waals surface area contributed by atoms with Crippen LogP contribution in [0.3, 0.4) is 0 Å². The maximum absolute atomic E-state index is 12.5. The van der Waals surface area contributed by atoms with Crippen LogP contribution in [-0.2, 0) is 32.7 Å². The minimum Gasteiger partial charge on any atom is -0.756 e. The van der Waals surface area contributed by atoms with Crippen molar-refractivity contribution in [2.45, 2.75) is 110 Å². The van der Waals surface area contributed by atoms with E-state index in [-0.39, 0.29) is 26.1 Å². The van der Waals surface area contributed by atoms with Gasteiger partial charge in [0, 0.05) is 12.8 Å². The number of phosphoric ester groups is 1. The topological polar surface area (TPSA) is 111 Å². The summed E-state index contributed by atoms with van der Waals surface area (Å²) in [6.45, 7) is 3.87. The number of unbranched alkanes of at least 4 members (excludes halogenated alkanes) is 6. The summed E-state index contributed by atoms with van der Waals surface area (Å²) in [6.07, 6.45) is 27.8. The number of likely N-dealkylation sites (N-methyl/N-ethyl adjacent to an activating group) is 1. The van der Waals surface area contributed by atoms with E-state index in [0.717, 1.165) is 25.7 Å². The molecular weight excluding hydrogens is 581 g/mol. The molecule has 0 aliphatic heterocycles. The lowest BCUT2D eigenvalue weighted by atomic mass is 10.1. The van der Waals surface area contributed by atoms with Gasteiger partial charge in [-0.05, 0) is 44.9 Å². The van der Waals surface area contributed by atoms with Gasteiger partial charge in [0.15, 0.2) is 6.10 Å². The standard InChI is InChI=1S/C34H60NO8P/c1-6-8-10-12-14-15-16-17-18-19-21-23-25-27-34(37)43-32(31-42-44(38,39)41-29-28-35(3,4)5)30-40-33(36)26-24-22-20-13-11-9-7-2/h9,11,17-18,20-23,32H,6-8,10,12-16,19,24-31H2,1-5H3/b11-9+,18-17+,22-20+,23-21+. The molecule has 0 fully saturated rings. The Labute approximate surface area is 267 Å². The average molecular weight is 642 g/mol. The lowest BCUT2D eigenvalue weighted by Gasteiger charge is -2.28. The summed E-state index contributed by atoms with van der Waals surface area (Å²) in [5, 5.41) is 0. The van der Waals surface area contributed by atoms with E-state index in [4.69, 9.17) is 18.5 Å². The van der Waals surface area contributed by atoms with Gasteiger partial charge in [-0.15, -0.1) is 0 Å². The quantitative estimate of drug-likeness (QED) is 0.0286. The van der Waals surface area contributed by atoms with Gasteiger partial charge in [0.25, 0.3) is 7.82 Å². The second kappa shape index (κ2) is 27.3. The van der Waals surface area contributed by atoms with Gasteiger partial charge in [-0.1, -0.05) is 94.6 Å². The van der Waals surface area contributed by atoms with E-state index < -0.39 is 32.5 Å². The number of carbonyl (C=O) groups is 2. The van der Waals surface area contributed by atoms with Crippen LogP contribution in [0.5, 0.6) is 0 Å². The Bertz CT molecular complexity index is 907. The summed E-state index contributed by atoms with van der Waals surface area (Å²) in [6, 6.07) is 0. The zero-order chi connectivity index (χ0) is 32.9. The Kier molecular flexibility index (Phi) is 26.0. The highest BCUT2D eigenvalue weighted by Gasteiger charge is 2.21. The normalized spacial score (nSPS) is 14.6. The molecule has 0 aromatic carbocycles. The summed E-state index contributed by atoms with van der Waals surface area (Å²) < 4.78 is 33.3. The van der Waals surface area contributed by atoms with E-state index in [1.54, 1.807) is 0 Å². The highest BCUT2D eigenvalue weighted by molar-refractivity contribution is 7.45. The van der Waals surface area contributed by atoms with E-state index >= 15 is 0 Å². The molecule has 0 spiro atoms. The first-order chi connectivity index (χ1) is 21.0. The van der Waals surface area contributed by atoms with Gasteiger partial charge in [0.05, 0.1) is 27.7 Å². The first kappa shape index (κ1) is 42.0. The van der Waals surface area contributed by atoms with Crippen molar-refractivity contribution >= 4 is 19.8 Å². The second-order valence-electron chi connectivity index (χ2n) is 11.8. The third kappa shape index (κ3) is 30.0. The molecule has 9 nitrogen and oxygen atoms in total. The molecule has 254 valence electrons. The largest absolute Gasteiger partial charge is 0.756 e. The Balaban J connectivity index is 4.66. The summed E-state index contributed by atoms with van der Waals surface area (Å²) in [4.78, 5) is 36.9. The van der Waals surface area contributed by atoms with Gasteiger partial charge in [-0.25, -0.2) is 0 Å². The van der Waals surface area contributed by atoms with Crippen LogP contribution < -0.4 is 4.89 Å². The summed E-state index contributed by atoms with van der Waals surface area (Å²) >= 11 is 0. The fraction of sp³-hybridized carbons (Fsp3) is 0.706. The van der Waals surface area contributed by atoms with Crippen LogP contribution in [0.4, 0.5) is 0 Å². The van der Waals surface area contributed by atoms with Crippen LogP contribution >= 0.6 is 7.82 Å². The van der Waals surface area contributed by atoms with E-state index in [2.05, 4.69) is 38.2 Å². The number of rotatable bonds is 28. The Morgan fingerprint density at radius 1 is 0.727 bits per heavy atom. The molecule has 0 aromatic rings. The fourth-order valence-electron chi connectivity index (χ4n) is 3.76. The van der Waals surface area contributed by atoms with E-state index in [1.165, 1.54) is 38.5 Å². The second-order valence-corrected chi connectivity index (χ2v) is 13.2. The zero-order valence-corrected chi connectivity index (χ0v) is 29.0. The molecule has 0 N–H and O–H groups in total. The first-order valence-electron chi connectivity index (χ1n) is 16.3. The third-order valence-corrected chi connectivity index (χ3v) is 7.32. The Morgan fingerprint density at radius 2 is 1.30 bits per heavy atom. The van der Waals surface area contributed by atoms with Gasteiger partial charge in [-0.3, -0.25) is 14.2 Å². The van der Waals surface area contributed by atoms with E-state index in [9.17, 15) is 19.0 Å². The highest BCUT2D eigenvalue weighted by Crippen LogP contribution is 2.38. The van der Waals surface area contributed by atoms with Gasteiger partial charge in [0.2, 0.25) is 0 Å². The van der Waals surface area contributed by atoms with E-state index in [1.807, 2.05) is 45.4 Å². The lowest BCUT2D eigenvalue weighted by Crippen LogP contribution is -2.37. The molecule has 10 heteroatoms. The van der Waals surface area contributed by atoms with Gasteiger partial charge in [0.1, 0.15) is 19.8 Å². The number of hydrogen-bond donors (Lipinski definition) is 0. The molecule has 0 radical (unpaired) electrons. The summed E-state index contributed by atoms with van der Waals surface area (Å²) in [7, 11) is 1.09. The lowest BCUT2D eigenvalue weighted by molar-refractivity contribution is -0.870. The molecule has 0 saturated carbocycles. The van der Waals surface area contributed by atoms with Gasteiger partial charge in [-0.2, -0.15) is 0 Å². The van der Waals surface area contributed by atoms with Crippen molar-refractivity contribution < 1.29 is 42.1 Å². The smallest absolute Gasteiger partial charge is 0.306 e. The molecule has 0 aromatic heterocycles. The first-order valence-corrected chi connectivity index (χ1v) is 17.8. The number of phosphoric acid groups is 1. The van der Waals surface area contributed by atoms with Crippen molar-refractivity contribution in [3.63, 3.8) is 0 Å². The number of nitrogens with zero attached hydrogens (tertiary/aromatic N) is 1. The molecule has 0 amide bonds. The Morgan fingerprint density at radius 3 is 1.91 bits per heavy atom. The number of carbonyl (C=O) groups excluding carboxylic acids is 2. The maximum Gasteiger partial charge on any atom is 0.306 e. The molecule has 0 saturated heterocycles. The van der Waals surface area contributed by atoms with Crippen molar-refractivity contribution in [3.05, 3.63) is 48.6 Å². The molecule has 2 unspecified atom stereocenters. The predicted octanol–water partition coefficient (Wildman–Crippen LogP) is 7.38. The number of quaternary nitrogens is 1. The predicted molar refractivity (Wildman–Crippen MR) is 176 cm³/mol. The average Bonchev–Trinajstić information content (AvgIpc) is 2.95. The van der Waals surface area contributed by atoms with Crippen molar-refractivity contribution in [1.29, 1.82) is 0 Å². The van der Waals surface area contributed by atoms with Crippen molar-refractivity contribution in [2.75, 3.05) is 47.5 Å². The van der Waals surface area contributed by atoms with Crippen molar-refractivity contribution in [3.8, 4) is 0 Å². The fourth-order valence-corrected chi connectivity index (χ4v) is 4.49. The SMILES string of the molecule is CC/C=C/C/C=C/CCC(=O)OCC(COP(=O)([O-])OCC[N+](C)(C)C)OC(=O)CC/C=C/C/C=C/CCCCCCCC. The summed E-state index contributed by atoms with van der Waals surface area (Å²) in [5.41, 5.74) is 0. The minimum absolute atomic E-state index is 0.0496. The number of esters is 2. The van der Waals surface area contributed by atoms with Crippen molar-refractivity contribution in [1.82, 2.24) is 0 Å². The molecule has 0 rings (SSSR count). The van der Waals surface area contributed by atoms with Crippen LogP contribution in [0.2, 0.25) is 0 Å². The van der Waals surface area contributed by atoms with Crippen LogP contribution in [0.15, 0.2) is 48.6 Å². The molecule has 0 bridgehead atoms. The zero-order valence-electron chi connectivity index (χ0n) is 28.1. The molecule has 2 atom stereocenters. The minimum atomic E-state index is -4.63. The van der Waals surface area contributed by atoms with Crippen molar-refractivity contribution in [2.24, 2.45) is 0 Å². The highest BCUT2D eigenvalue weighted by atomic mass is 31.2. The number of allylic oxidation sites excluding steroid dienone is 8. The van der Waals surface area contributed by atoms with Crippen LogP contribution in [0, 0.1) is 0 Å². The monoisotopic (exact) mass is 641 g/mol. The van der Waals surface area contributed by atoms with Gasteiger partial charge >= 0.3 is 11.9 Å². The van der Waals surface area contributed by atoms with Crippen LogP contribution in [-0.4, -0.2) is 70.0 Å². The van der Waals surface area contributed by atoms with Gasteiger partial charge < -0.3 is 27.9 Å². The maximum atomic E-state index is 12.5. The van der Waals surface area contributed by atoms with E-state index in [0.29, 0.717) is 23.9 Å². The number of ether oxygens (including phenoxy) is 2. The van der Waals surface area contributed by atoms with Crippen LogP contribution in [0.1, 0.15) is 104 Å². The molecular formula is C34H60NO8P. The third-order valence-electron chi connectivity index (χ3n) is 6.36. The molecule has 0 heterocycles. The molecule has 0 aliphatic rings. The summed E-state index contributed by atoms with van der Waals surface area (Å²) in [5.74, 6) is -1.01. The van der Waals surface area contributed by atoms with Crippen LogP contribution in [0.25, 0.3) is 0 Å². The molecule has 0 aliphatic carbocycles.